The summed E-state index contributed by atoms with van der Waals surface area (Å²) in [5.74, 6) is 0. The molecule has 0 aliphatic heterocycles. The lowest BCUT2D eigenvalue weighted by Gasteiger charge is -2.10. The zero-order valence-corrected chi connectivity index (χ0v) is 10.7. The summed E-state index contributed by atoms with van der Waals surface area (Å²) in [5.41, 5.74) is 0.716. The number of hydrogen-bond acceptors (Lipinski definition) is 4. The van der Waals surface area contributed by atoms with Crippen LogP contribution in [0.2, 0.25) is 0 Å². The third kappa shape index (κ3) is 5.16. The number of benzene rings is 1. The number of aliphatic hydroxyl groups excluding tert-OH is 1. The molecule has 1 rings (SSSR count). The molecule has 0 spiro atoms. The second-order valence-corrected chi connectivity index (χ2v) is 3.94. The Labute approximate surface area is 110 Å². The molecule has 5 nitrogen and oxygen atoms in total. The van der Waals surface area contributed by atoms with Crippen LogP contribution in [0.3, 0.4) is 0 Å². The zero-order valence-electron chi connectivity index (χ0n) is 9.97. The lowest BCUT2D eigenvalue weighted by atomic mass is 10.1. The number of carbonyl (C=O) groups is 1. The van der Waals surface area contributed by atoms with E-state index in [4.69, 9.17) is 11.6 Å². The Balaban J connectivity index is 2.35. The van der Waals surface area contributed by atoms with Gasteiger partial charge in [-0.05, 0) is 5.56 Å². The van der Waals surface area contributed by atoms with Crippen molar-refractivity contribution in [2.75, 3.05) is 6.54 Å². The normalized spacial score (nSPS) is 12.9. The van der Waals surface area contributed by atoms with Crippen LogP contribution in [0, 0.1) is 0 Å². The second-order valence-electron chi connectivity index (χ2n) is 3.51. The van der Waals surface area contributed by atoms with Crippen molar-refractivity contribution in [2.24, 2.45) is 5.16 Å². The number of hydrogen-bond donors (Lipinski definition) is 2. The quantitative estimate of drug-likeness (QED) is 0.490. The van der Waals surface area contributed by atoms with Crippen molar-refractivity contribution in [1.82, 2.24) is 5.32 Å². The number of halogens is 1. The lowest BCUT2D eigenvalue weighted by Crippen LogP contribution is -2.28. The van der Waals surface area contributed by atoms with E-state index >= 15 is 0 Å². The molecule has 18 heavy (non-hydrogen) atoms. The Kier molecular flexibility index (Phi) is 6.18. The van der Waals surface area contributed by atoms with Crippen LogP contribution in [0.15, 0.2) is 35.5 Å². The van der Waals surface area contributed by atoms with Gasteiger partial charge in [0.2, 0.25) is 0 Å². The molecule has 0 fully saturated rings. The topological polar surface area (TPSA) is 70.9 Å². The van der Waals surface area contributed by atoms with E-state index in [0.29, 0.717) is 12.0 Å². The van der Waals surface area contributed by atoms with Gasteiger partial charge in [-0.25, -0.2) is 4.79 Å². The molecule has 1 amide bonds. The van der Waals surface area contributed by atoms with Gasteiger partial charge in [-0.3, -0.25) is 4.84 Å². The minimum Gasteiger partial charge on any atom is -0.387 e. The van der Waals surface area contributed by atoms with Crippen LogP contribution in [-0.4, -0.2) is 22.9 Å². The van der Waals surface area contributed by atoms with E-state index in [1.54, 1.807) is 19.1 Å². The first-order chi connectivity index (χ1) is 8.63. The Morgan fingerprint density at radius 3 is 2.78 bits per heavy atom. The monoisotopic (exact) mass is 270 g/mol. The minimum atomic E-state index is -0.788. The number of carbonyl (C=O) groups excluding carboxylic acids is 1. The maximum Gasteiger partial charge on any atom is 0.433 e. The summed E-state index contributed by atoms with van der Waals surface area (Å²) in [6.45, 7) is 1.83. The van der Waals surface area contributed by atoms with Crippen molar-refractivity contribution in [3.63, 3.8) is 0 Å². The third-order valence-electron chi connectivity index (χ3n) is 2.14. The van der Waals surface area contributed by atoms with Gasteiger partial charge in [-0.15, -0.1) is 0 Å². The van der Waals surface area contributed by atoms with Gasteiger partial charge < -0.3 is 10.4 Å². The fourth-order valence-electron chi connectivity index (χ4n) is 1.16. The van der Waals surface area contributed by atoms with E-state index in [9.17, 15) is 9.90 Å². The smallest absolute Gasteiger partial charge is 0.387 e. The van der Waals surface area contributed by atoms with Gasteiger partial charge in [-0.2, -0.15) is 0 Å². The van der Waals surface area contributed by atoms with Crippen molar-refractivity contribution in [3.8, 4) is 0 Å². The van der Waals surface area contributed by atoms with Gasteiger partial charge in [0.1, 0.15) is 5.17 Å². The predicted octanol–water partition coefficient (Wildman–Crippen LogP) is 2.41. The van der Waals surface area contributed by atoms with Gasteiger partial charge in [-0.1, -0.05) is 54.0 Å². The summed E-state index contributed by atoms with van der Waals surface area (Å²) in [6, 6.07) is 9.00. The van der Waals surface area contributed by atoms with E-state index in [1.807, 2.05) is 18.2 Å². The van der Waals surface area contributed by atoms with E-state index < -0.39 is 12.2 Å². The predicted molar refractivity (Wildman–Crippen MR) is 69.5 cm³/mol. The van der Waals surface area contributed by atoms with Crippen molar-refractivity contribution in [3.05, 3.63) is 35.9 Å². The summed E-state index contributed by atoms with van der Waals surface area (Å²) >= 11 is 5.56. The van der Waals surface area contributed by atoms with Gasteiger partial charge >= 0.3 is 6.09 Å². The number of nitrogens with one attached hydrogen (secondary N) is 1. The fraction of sp³-hybridized carbons (Fsp3) is 0.333. The van der Waals surface area contributed by atoms with Crippen molar-refractivity contribution in [1.29, 1.82) is 0 Å². The molecule has 2 N–H and O–H groups in total. The maximum absolute atomic E-state index is 11.2. The molecule has 0 saturated carbocycles. The molecule has 0 saturated heterocycles. The Morgan fingerprint density at radius 1 is 1.50 bits per heavy atom. The second kappa shape index (κ2) is 7.68. The molecule has 1 aromatic carbocycles. The van der Waals surface area contributed by atoms with Crippen LogP contribution >= 0.6 is 11.6 Å². The van der Waals surface area contributed by atoms with Gasteiger partial charge in [0.25, 0.3) is 0 Å². The van der Waals surface area contributed by atoms with Crippen LogP contribution in [0.25, 0.3) is 0 Å². The van der Waals surface area contributed by atoms with E-state index in [0.717, 1.165) is 0 Å². The molecule has 0 radical (unpaired) electrons. The Hall–Kier alpha value is -1.59. The van der Waals surface area contributed by atoms with Crippen LogP contribution in [-0.2, 0) is 4.84 Å². The first-order valence-electron chi connectivity index (χ1n) is 5.53. The average Bonchev–Trinajstić information content (AvgIpc) is 2.42. The van der Waals surface area contributed by atoms with E-state index in [1.165, 1.54) is 0 Å². The molecule has 0 aliphatic rings. The SMILES string of the molecule is CC/C(Cl)=N\OC(=O)NCC(O)c1ccccc1. The fourth-order valence-corrected chi connectivity index (χ4v) is 1.20. The maximum atomic E-state index is 11.2. The Bertz CT molecular complexity index is 409. The third-order valence-corrected chi connectivity index (χ3v) is 2.48. The standard InChI is InChI=1S/C12H15ClN2O3/c1-2-11(13)15-18-12(17)14-8-10(16)9-6-4-3-5-7-9/h3-7,10,16H,2,8H2,1H3,(H,14,17)/b15-11+. The molecular weight excluding hydrogens is 256 g/mol. The first kappa shape index (κ1) is 14.5. The van der Waals surface area contributed by atoms with Crippen molar-refractivity contribution < 1.29 is 14.7 Å². The first-order valence-corrected chi connectivity index (χ1v) is 5.91. The van der Waals surface area contributed by atoms with Crippen LogP contribution in [0.1, 0.15) is 25.0 Å². The van der Waals surface area contributed by atoms with Crippen molar-refractivity contribution >= 4 is 22.9 Å². The lowest BCUT2D eigenvalue weighted by molar-refractivity contribution is 0.134. The molecule has 1 aromatic rings. The highest BCUT2D eigenvalue weighted by molar-refractivity contribution is 6.65. The molecule has 1 atom stereocenters. The largest absolute Gasteiger partial charge is 0.433 e. The Morgan fingerprint density at radius 2 is 2.17 bits per heavy atom. The molecule has 98 valence electrons. The number of oxime groups is 1. The van der Waals surface area contributed by atoms with Gasteiger partial charge in [0, 0.05) is 6.42 Å². The summed E-state index contributed by atoms with van der Waals surface area (Å²) in [4.78, 5) is 15.7. The van der Waals surface area contributed by atoms with E-state index in [2.05, 4.69) is 15.3 Å². The van der Waals surface area contributed by atoms with Crippen molar-refractivity contribution in [2.45, 2.75) is 19.4 Å². The molecule has 0 heterocycles. The van der Waals surface area contributed by atoms with Crippen LogP contribution < -0.4 is 5.32 Å². The van der Waals surface area contributed by atoms with Gasteiger partial charge in [0.15, 0.2) is 0 Å². The van der Waals surface area contributed by atoms with Crippen LogP contribution in [0.4, 0.5) is 4.79 Å². The molecule has 6 heteroatoms. The number of amides is 1. The highest BCUT2D eigenvalue weighted by atomic mass is 35.5. The molecule has 0 aliphatic carbocycles. The minimum absolute atomic E-state index is 0.0438. The van der Waals surface area contributed by atoms with Gasteiger partial charge in [0.05, 0.1) is 12.6 Å². The number of nitrogens with zero attached hydrogens (tertiary/aromatic N) is 1. The summed E-state index contributed by atoms with van der Waals surface area (Å²) in [7, 11) is 0. The summed E-state index contributed by atoms with van der Waals surface area (Å²) in [6.07, 6.45) is -1.05. The number of aliphatic hydroxyl groups is 1. The molecule has 1 unspecified atom stereocenters. The van der Waals surface area contributed by atoms with Crippen LogP contribution in [0.5, 0.6) is 0 Å². The molecular formula is C12H15ClN2O3. The summed E-state index contributed by atoms with van der Waals surface area (Å²) in [5, 5.41) is 15.7. The zero-order chi connectivity index (χ0) is 13.4. The summed E-state index contributed by atoms with van der Waals surface area (Å²) < 4.78 is 0. The number of rotatable bonds is 5. The molecule has 0 aromatic heterocycles. The molecule has 0 bridgehead atoms. The highest BCUT2D eigenvalue weighted by Crippen LogP contribution is 2.10. The van der Waals surface area contributed by atoms with E-state index in [-0.39, 0.29) is 11.7 Å². The highest BCUT2D eigenvalue weighted by Gasteiger charge is 2.09. The average molecular weight is 271 g/mol.